The number of methoxy groups -OCH3 is 2. The van der Waals surface area contributed by atoms with E-state index in [0.29, 0.717) is 35.4 Å². The Bertz CT molecular complexity index is 2340. The van der Waals surface area contributed by atoms with Crippen molar-refractivity contribution in [2.45, 2.75) is 50.0 Å². The minimum Gasteiger partial charge on any atom is -0.497 e. The third kappa shape index (κ3) is 6.43. The van der Waals surface area contributed by atoms with E-state index < -0.39 is 0 Å². The molecule has 9 heterocycles. The topological polar surface area (TPSA) is 95.0 Å². The molecule has 6 saturated heterocycles. The van der Waals surface area contributed by atoms with Gasteiger partial charge in [-0.2, -0.15) is 0 Å². The molecule has 0 N–H and O–H groups in total. The molecule has 6 aliphatic heterocycles. The number of aromatic nitrogens is 4. The molecular weight excluding hydrogens is 725 g/mol. The van der Waals surface area contributed by atoms with Gasteiger partial charge in [0, 0.05) is 47.4 Å². The maximum absolute atomic E-state index is 7.26. The molecule has 6 fully saturated rings. The van der Waals surface area contributed by atoms with Gasteiger partial charge in [0.1, 0.15) is 23.7 Å². The van der Waals surface area contributed by atoms with Gasteiger partial charge in [-0.3, -0.25) is 19.8 Å². The number of fused-ring (bicyclic) bond motifs is 9. The van der Waals surface area contributed by atoms with Crippen LogP contribution in [-0.2, 0) is 0 Å². The van der Waals surface area contributed by atoms with Crippen LogP contribution in [-0.4, -0.2) is 82.4 Å². The highest BCUT2D eigenvalue weighted by Gasteiger charge is 2.46. The number of piperidine rings is 6. The molecule has 0 radical (unpaired) electrons. The summed E-state index contributed by atoms with van der Waals surface area (Å²) < 4.78 is 25.9. The second kappa shape index (κ2) is 15.3. The predicted octanol–water partition coefficient (Wildman–Crippen LogP) is 8.78. The Kier molecular flexibility index (Phi) is 9.69. The van der Waals surface area contributed by atoms with E-state index in [-0.39, 0.29) is 24.3 Å². The maximum Gasteiger partial charge on any atom is 0.242 e. The third-order valence-corrected chi connectivity index (χ3v) is 13.7. The zero-order valence-electron chi connectivity index (χ0n) is 33.2. The van der Waals surface area contributed by atoms with Gasteiger partial charge in [-0.15, -0.1) is 23.4 Å². The average molecular weight is 775 g/mol. The summed E-state index contributed by atoms with van der Waals surface area (Å²) in [7, 11) is 3.40. The first-order valence-electron chi connectivity index (χ1n) is 20.7. The van der Waals surface area contributed by atoms with E-state index in [9.17, 15) is 0 Å². The molecule has 10 heteroatoms. The molecule has 0 amide bonds. The van der Waals surface area contributed by atoms with Crippen molar-refractivity contribution in [3.63, 3.8) is 0 Å². The van der Waals surface area contributed by atoms with Crippen LogP contribution >= 0.6 is 0 Å². The van der Waals surface area contributed by atoms with Gasteiger partial charge in [-0.05, 0) is 123 Å². The normalized spacial score (nSPS) is 27.3. The van der Waals surface area contributed by atoms with Gasteiger partial charge in [0.05, 0.1) is 48.1 Å². The second-order valence-corrected chi connectivity index (χ2v) is 16.5. The van der Waals surface area contributed by atoms with Crippen molar-refractivity contribution < 1.29 is 18.9 Å². The Morgan fingerprint density at radius 2 is 1.09 bits per heavy atom. The fourth-order valence-electron chi connectivity index (χ4n) is 10.6. The Balaban J connectivity index is 1.07. The van der Waals surface area contributed by atoms with E-state index in [1.807, 2.05) is 48.8 Å². The Morgan fingerprint density at radius 3 is 1.48 bits per heavy atom. The van der Waals surface area contributed by atoms with Crippen LogP contribution in [0.4, 0.5) is 0 Å². The smallest absolute Gasteiger partial charge is 0.242 e. The summed E-state index contributed by atoms with van der Waals surface area (Å²) in [6.07, 6.45) is 11.7. The molecule has 3 aromatic carbocycles. The number of hydrogen-bond donors (Lipinski definition) is 0. The number of nitrogens with zero attached hydrogens (tertiary/aromatic N) is 6. The van der Waals surface area contributed by atoms with Gasteiger partial charge >= 0.3 is 0 Å². The summed E-state index contributed by atoms with van der Waals surface area (Å²) in [5.74, 6) is 4.57. The summed E-state index contributed by atoms with van der Waals surface area (Å²) in [4.78, 5) is 14.6. The van der Waals surface area contributed by atoms with Gasteiger partial charge in [0.25, 0.3) is 0 Å². The number of pyridine rings is 2. The molecule has 2 unspecified atom stereocenters. The first-order valence-corrected chi connectivity index (χ1v) is 20.7. The molecule has 4 bridgehead atoms. The molecule has 10 nitrogen and oxygen atoms in total. The molecule has 6 aliphatic rings. The second-order valence-electron chi connectivity index (χ2n) is 16.5. The maximum atomic E-state index is 7.26. The van der Waals surface area contributed by atoms with Crippen LogP contribution in [0, 0.1) is 23.7 Å². The first kappa shape index (κ1) is 36.7. The van der Waals surface area contributed by atoms with Crippen LogP contribution in [0.2, 0.25) is 0 Å². The minimum atomic E-state index is -0.343. The van der Waals surface area contributed by atoms with E-state index in [1.165, 1.54) is 0 Å². The monoisotopic (exact) mass is 774 g/mol. The van der Waals surface area contributed by atoms with Crippen molar-refractivity contribution in [3.05, 3.63) is 122 Å². The van der Waals surface area contributed by atoms with Crippen LogP contribution in [0.3, 0.4) is 0 Å². The lowest BCUT2D eigenvalue weighted by Gasteiger charge is -2.51. The largest absolute Gasteiger partial charge is 0.497 e. The molecule has 12 rings (SSSR count). The van der Waals surface area contributed by atoms with Crippen LogP contribution in [0.1, 0.15) is 49.0 Å². The highest BCUT2D eigenvalue weighted by atomic mass is 16.5. The third-order valence-electron chi connectivity index (χ3n) is 13.7. The minimum absolute atomic E-state index is 0.125. The SMILES string of the molecule is C=C[C@@H]1CN2CC[C@H]1C[C@@H]2[C@H](Oc1nnc(O[C@@H](c2ccnc3ccc(OC)cc23)[C@H]2C[C@H]3CCN2C[C@H]3C=C)c2ccccc12)c1ccnc2ccc(OC)cc12. The van der Waals surface area contributed by atoms with E-state index in [4.69, 9.17) is 39.1 Å². The summed E-state index contributed by atoms with van der Waals surface area (Å²) in [5.41, 5.74) is 3.90. The molecule has 0 spiro atoms. The predicted molar refractivity (Wildman–Crippen MR) is 226 cm³/mol. The van der Waals surface area contributed by atoms with Gasteiger partial charge in [-0.1, -0.05) is 24.3 Å². The van der Waals surface area contributed by atoms with Gasteiger partial charge in [-0.25, -0.2) is 0 Å². The summed E-state index contributed by atoms with van der Waals surface area (Å²) >= 11 is 0. The Morgan fingerprint density at radius 1 is 0.621 bits per heavy atom. The van der Waals surface area contributed by atoms with Crippen molar-refractivity contribution in [2.75, 3.05) is 40.4 Å². The molecule has 10 atom stereocenters. The summed E-state index contributed by atoms with van der Waals surface area (Å²) in [5, 5.41) is 13.5. The summed E-state index contributed by atoms with van der Waals surface area (Å²) in [6.45, 7) is 12.3. The van der Waals surface area contributed by atoms with E-state index in [1.54, 1.807) is 14.2 Å². The van der Waals surface area contributed by atoms with Crippen molar-refractivity contribution in [1.29, 1.82) is 0 Å². The lowest BCUT2D eigenvalue weighted by molar-refractivity contribution is -0.0382. The molecule has 0 saturated carbocycles. The van der Waals surface area contributed by atoms with Crippen molar-refractivity contribution >= 4 is 32.6 Å². The highest BCUT2D eigenvalue weighted by Crippen LogP contribution is 2.47. The molecule has 0 aliphatic carbocycles. The van der Waals surface area contributed by atoms with E-state index in [0.717, 1.165) is 107 Å². The quantitative estimate of drug-likeness (QED) is 0.112. The van der Waals surface area contributed by atoms with Gasteiger partial charge in [0.15, 0.2) is 0 Å². The van der Waals surface area contributed by atoms with Gasteiger partial charge in [0.2, 0.25) is 11.8 Å². The highest BCUT2D eigenvalue weighted by molar-refractivity contribution is 5.91. The molecule has 6 aromatic rings. The number of hydrogen-bond acceptors (Lipinski definition) is 10. The van der Waals surface area contributed by atoms with Crippen LogP contribution in [0.15, 0.2) is 111 Å². The average Bonchev–Trinajstić information content (AvgIpc) is 3.29. The standard InChI is InChI=1S/C48H50N6O4/c1-5-29-27-53-21-17-31(29)23-43(53)45(35-15-19-49-41-13-11-33(55-3)25-39(35)41)57-47-37-9-7-8-10-38(37)48(52-51-47)58-46(44-24-32-18-22-54(44)28-30(32)6-2)36-16-20-50-42-14-12-34(56-4)26-40(36)42/h5-16,19-20,25-26,29-32,43-46H,1-2,17-18,21-24,27-28H2,3-4H3/t29-,30-,31-,32+,43-,44-,45+,46-/m1/s1. The van der Waals surface area contributed by atoms with Gasteiger partial charge < -0.3 is 18.9 Å². The lowest BCUT2D eigenvalue weighted by Crippen LogP contribution is -2.55. The molecule has 58 heavy (non-hydrogen) atoms. The van der Waals surface area contributed by atoms with Crippen molar-refractivity contribution in [3.8, 4) is 23.3 Å². The Hall–Kier alpha value is -5.58. The summed E-state index contributed by atoms with van der Waals surface area (Å²) in [6, 6.07) is 24.7. The van der Waals surface area contributed by atoms with Crippen molar-refractivity contribution in [2.24, 2.45) is 23.7 Å². The number of ether oxygens (including phenoxy) is 4. The van der Waals surface area contributed by atoms with Crippen LogP contribution < -0.4 is 18.9 Å². The zero-order chi connectivity index (χ0) is 39.3. The van der Waals surface area contributed by atoms with E-state index in [2.05, 4.69) is 71.5 Å². The molecular formula is C48H50N6O4. The number of benzene rings is 3. The fraction of sp³-hybridized carbons (Fsp3) is 0.375. The molecule has 296 valence electrons. The molecule has 3 aromatic heterocycles. The lowest BCUT2D eigenvalue weighted by atomic mass is 9.73. The zero-order valence-corrected chi connectivity index (χ0v) is 33.2. The van der Waals surface area contributed by atoms with Crippen LogP contribution in [0.25, 0.3) is 32.6 Å². The van der Waals surface area contributed by atoms with E-state index >= 15 is 0 Å². The first-order chi connectivity index (χ1) is 28.5. The Labute approximate surface area is 339 Å². The number of rotatable bonds is 12. The van der Waals surface area contributed by atoms with Crippen molar-refractivity contribution in [1.82, 2.24) is 30.0 Å². The van der Waals surface area contributed by atoms with Crippen LogP contribution in [0.5, 0.6) is 23.3 Å². The fourth-order valence-corrected chi connectivity index (χ4v) is 10.6.